The maximum atomic E-state index is 11.8. The van der Waals surface area contributed by atoms with Crippen LogP contribution in [0, 0.1) is 0 Å². The van der Waals surface area contributed by atoms with Gasteiger partial charge in [-0.15, -0.1) is 0 Å². The fraction of sp³-hybridized carbons (Fsp3) is 0.462. The maximum Gasteiger partial charge on any atom is 0.226 e. The van der Waals surface area contributed by atoms with E-state index in [1.807, 2.05) is 30.0 Å². The molecular formula is C13H18N2O. The second-order valence-corrected chi connectivity index (χ2v) is 3.97. The number of carbonyl (C=O) groups excluding carboxylic acids is 1. The molecule has 2 rings (SSSR count). The lowest BCUT2D eigenvalue weighted by molar-refractivity contribution is -0.118. The number of hydrogen-bond donors (Lipinski definition) is 0. The Labute approximate surface area is 96.7 Å². The number of carbonyl (C=O) groups is 1. The van der Waals surface area contributed by atoms with E-state index >= 15 is 0 Å². The molecule has 0 spiro atoms. The van der Waals surface area contributed by atoms with Gasteiger partial charge in [0.15, 0.2) is 0 Å². The van der Waals surface area contributed by atoms with Crippen LogP contribution in [0.2, 0.25) is 0 Å². The Bertz CT molecular complexity index is 389. The topological polar surface area (TPSA) is 23.6 Å². The lowest BCUT2D eigenvalue weighted by Gasteiger charge is -2.37. The summed E-state index contributed by atoms with van der Waals surface area (Å²) in [5, 5.41) is 0. The van der Waals surface area contributed by atoms with Crippen molar-refractivity contribution in [2.24, 2.45) is 0 Å². The first-order chi connectivity index (χ1) is 7.77. The van der Waals surface area contributed by atoms with Crippen molar-refractivity contribution in [3.63, 3.8) is 0 Å². The number of anilines is 2. The van der Waals surface area contributed by atoms with Gasteiger partial charge in [0.1, 0.15) is 0 Å². The van der Waals surface area contributed by atoms with Crippen molar-refractivity contribution in [3.05, 3.63) is 24.3 Å². The number of benzene rings is 1. The first-order valence-electron chi connectivity index (χ1n) is 5.92. The van der Waals surface area contributed by atoms with Gasteiger partial charge in [-0.1, -0.05) is 19.1 Å². The number of rotatable bonds is 2. The monoisotopic (exact) mass is 218 g/mol. The van der Waals surface area contributed by atoms with E-state index in [0.29, 0.717) is 6.42 Å². The predicted octanol–water partition coefficient (Wildman–Crippen LogP) is 2.27. The van der Waals surface area contributed by atoms with Crippen LogP contribution in [-0.2, 0) is 4.79 Å². The minimum absolute atomic E-state index is 0.211. The zero-order chi connectivity index (χ0) is 11.5. The third-order valence-electron chi connectivity index (χ3n) is 3.09. The molecule has 0 aliphatic carbocycles. The van der Waals surface area contributed by atoms with Crippen LogP contribution in [0.5, 0.6) is 0 Å². The van der Waals surface area contributed by atoms with E-state index < -0.39 is 0 Å². The van der Waals surface area contributed by atoms with Crippen LogP contribution in [0.15, 0.2) is 24.3 Å². The summed E-state index contributed by atoms with van der Waals surface area (Å²) in [6.07, 6.45) is 0.570. The Balaban J connectivity index is 2.38. The van der Waals surface area contributed by atoms with Crippen molar-refractivity contribution in [1.82, 2.24) is 0 Å². The molecule has 1 amide bonds. The SMILES string of the molecule is CCC(=O)N1CCN(CC)c2ccccc21. The van der Waals surface area contributed by atoms with Crippen molar-refractivity contribution in [3.8, 4) is 0 Å². The molecule has 0 bridgehead atoms. The van der Waals surface area contributed by atoms with E-state index in [2.05, 4.69) is 17.9 Å². The summed E-state index contributed by atoms with van der Waals surface area (Å²) >= 11 is 0. The van der Waals surface area contributed by atoms with E-state index in [-0.39, 0.29) is 5.91 Å². The third kappa shape index (κ3) is 1.77. The van der Waals surface area contributed by atoms with Crippen molar-refractivity contribution in [2.45, 2.75) is 20.3 Å². The first-order valence-corrected chi connectivity index (χ1v) is 5.92. The predicted molar refractivity (Wildman–Crippen MR) is 67.0 cm³/mol. The zero-order valence-corrected chi connectivity index (χ0v) is 9.94. The van der Waals surface area contributed by atoms with Gasteiger partial charge in [0, 0.05) is 26.1 Å². The van der Waals surface area contributed by atoms with Gasteiger partial charge in [0.25, 0.3) is 0 Å². The molecule has 3 nitrogen and oxygen atoms in total. The lowest BCUT2D eigenvalue weighted by Crippen LogP contribution is -2.43. The van der Waals surface area contributed by atoms with Gasteiger partial charge in [-0.05, 0) is 19.1 Å². The quantitative estimate of drug-likeness (QED) is 0.760. The molecule has 0 saturated heterocycles. The largest absolute Gasteiger partial charge is 0.368 e. The number of para-hydroxylation sites is 2. The summed E-state index contributed by atoms with van der Waals surface area (Å²) in [4.78, 5) is 16.1. The van der Waals surface area contributed by atoms with E-state index in [4.69, 9.17) is 0 Å². The molecular weight excluding hydrogens is 200 g/mol. The molecule has 86 valence electrons. The molecule has 0 fully saturated rings. The van der Waals surface area contributed by atoms with Crippen LogP contribution in [-0.4, -0.2) is 25.5 Å². The zero-order valence-electron chi connectivity index (χ0n) is 9.94. The third-order valence-corrected chi connectivity index (χ3v) is 3.09. The first kappa shape index (κ1) is 11.0. The van der Waals surface area contributed by atoms with Crippen LogP contribution >= 0.6 is 0 Å². The molecule has 0 N–H and O–H groups in total. The number of fused-ring (bicyclic) bond motifs is 1. The Morgan fingerprint density at radius 1 is 1.19 bits per heavy atom. The Morgan fingerprint density at radius 3 is 2.50 bits per heavy atom. The van der Waals surface area contributed by atoms with Crippen molar-refractivity contribution in [2.75, 3.05) is 29.4 Å². The van der Waals surface area contributed by atoms with Gasteiger partial charge in [0.05, 0.1) is 11.4 Å². The van der Waals surface area contributed by atoms with Gasteiger partial charge < -0.3 is 9.80 Å². The molecule has 0 saturated carbocycles. The van der Waals surface area contributed by atoms with Crippen LogP contribution in [0.25, 0.3) is 0 Å². The summed E-state index contributed by atoms with van der Waals surface area (Å²) < 4.78 is 0. The molecule has 0 unspecified atom stereocenters. The minimum Gasteiger partial charge on any atom is -0.368 e. The molecule has 0 aromatic heterocycles. The molecule has 1 aromatic rings. The number of amides is 1. The molecule has 1 aliphatic heterocycles. The normalized spacial score (nSPS) is 14.9. The maximum absolute atomic E-state index is 11.8. The van der Waals surface area contributed by atoms with Crippen molar-refractivity contribution >= 4 is 17.3 Å². The molecule has 1 aliphatic rings. The summed E-state index contributed by atoms with van der Waals surface area (Å²) in [7, 11) is 0. The fourth-order valence-corrected chi connectivity index (χ4v) is 2.20. The average molecular weight is 218 g/mol. The molecule has 1 aromatic carbocycles. The van der Waals surface area contributed by atoms with E-state index in [1.165, 1.54) is 5.69 Å². The van der Waals surface area contributed by atoms with E-state index in [1.54, 1.807) is 0 Å². The lowest BCUT2D eigenvalue weighted by atomic mass is 10.1. The van der Waals surface area contributed by atoms with Gasteiger partial charge in [-0.3, -0.25) is 4.79 Å². The molecule has 16 heavy (non-hydrogen) atoms. The Kier molecular flexibility index (Phi) is 3.13. The van der Waals surface area contributed by atoms with Crippen LogP contribution < -0.4 is 9.80 Å². The highest BCUT2D eigenvalue weighted by Crippen LogP contribution is 2.32. The van der Waals surface area contributed by atoms with Gasteiger partial charge in [-0.2, -0.15) is 0 Å². The van der Waals surface area contributed by atoms with Gasteiger partial charge in [-0.25, -0.2) is 0 Å². The van der Waals surface area contributed by atoms with Crippen LogP contribution in [0.4, 0.5) is 11.4 Å². The standard InChI is InChI=1S/C13H18N2O/c1-3-13(16)15-10-9-14(4-2)11-7-5-6-8-12(11)15/h5-8H,3-4,9-10H2,1-2H3. The van der Waals surface area contributed by atoms with Crippen LogP contribution in [0.3, 0.4) is 0 Å². The molecule has 3 heteroatoms. The number of hydrogen-bond acceptors (Lipinski definition) is 2. The second-order valence-electron chi connectivity index (χ2n) is 3.97. The Morgan fingerprint density at radius 2 is 1.88 bits per heavy atom. The minimum atomic E-state index is 0.211. The number of nitrogens with zero attached hydrogens (tertiary/aromatic N) is 2. The number of likely N-dealkylation sites (N-methyl/N-ethyl adjacent to an activating group) is 1. The molecule has 1 heterocycles. The van der Waals surface area contributed by atoms with Gasteiger partial charge in [0.2, 0.25) is 5.91 Å². The average Bonchev–Trinajstić information content (AvgIpc) is 2.36. The fourth-order valence-electron chi connectivity index (χ4n) is 2.20. The summed E-state index contributed by atoms with van der Waals surface area (Å²) in [6, 6.07) is 8.15. The van der Waals surface area contributed by atoms with E-state index in [9.17, 15) is 4.79 Å². The smallest absolute Gasteiger partial charge is 0.226 e. The molecule has 0 radical (unpaired) electrons. The summed E-state index contributed by atoms with van der Waals surface area (Å²) in [5.41, 5.74) is 2.24. The highest BCUT2D eigenvalue weighted by atomic mass is 16.2. The van der Waals surface area contributed by atoms with Crippen molar-refractivity contribution in [1.29, 1.82) is 0 Å². The Hall–Kier alpha value is -1.51. The van der Waals surface area contributed by atoms with Gasteiger partial charge >= 0.3 is 0 Å². The highest BCUT2D eigenvalue weighted by Gasteiger charge is 2.24. The van der Waals surface area contributed by atoms with Crippen molar-refractivity contribution < 1.29 is 4.79 Å². The summed E-state index contributed by atoms with van der Waals surface area (Å²) in [6.45, 7) is 6.78. The van der Waals surface area contributed by atoms with E-state index in [0.717, 1.165) is 25.3 Å². The highest BCUT2D eigenvalue weighted by molar-refractivity contribution is 5.97. The van der Waals surface area contributed by atoms with Crippen LogP contribution in [0.1, 0.15) is 20.3 Å². The summed E-state index contributed by atoms with van der Waals surface area (Å²) in [5.74, 6) is 0.211. The second kappa shape index (κ2) is 4.56. The molecule has 0 atom stereocenters.